The quantitative estimate of drug-likeness (QED) is 0.0313. The Morgan fingerprint density at radius 1 is 0.841 bits per heavy atom. The van der Waals surface area contributed by atoms with Crippen molar-refractivity contribution < 1.29 is 82.4 Å². The molecule has 0 spiro atoms. The number of pyridine rings is 1. The molecule has 2 bridgehead atoms. The van der Waals surface area contributed by atoms with Crippen LogP contribution in [0.25, 0.3) is 11.3 Å². The molecule has 3 saturated heterocycles. The summed E-state index contributed by atoms with van der Waals surface area (Å²) in [5.74, 6) is -3.67. The van der Waals surface area contributed by atoms with Gasteiger partial charge in [-0.1, -0.05) is 37.8 Å². The summed E-state index contributed by atoms with van der Waals surface area (Å²) in [5.41, 5.74) is -2.99. The Bertz CT molecular complexity index is 2980. The van der Waals surface area contributed by atoms with E-state index < -0.39 is 121 Å². The molecule has 26 heteroatoms. The molecule has 3 aliphatic rings. The number of methoxy groups -OCH3 is 2. The molecule has 7 rings (SSSR count). The van der Waals surface area contributed by atoms with Crippen LogP contribution in [0, 0.1) is 53.1 Å². The van der Waals surface area contributed by atoms with Crippen LogP contribution >= 0.6 is 0 Å². The molecule has 446 valence electrons. The first-order valence-corrected chi connectivity index (χ1v) is 26.2. The third kappa shape index (κ3) is 14.3. The van der Waals surface area contributed by atoms with E-state index in [1.54, 1.807) is 30.5 Å². The predicted octanol–water partition coefficient (Wildman–Crippen LogP) is 8.47. The Hall–Kier alpha value is -6.82. The van der Waals surface area contributed by atoms with Gasteiger partial charge in [-0.15, -0.1) is 0 Å². The van der Waals surface area contributed by atoms with E-state index in [9.17, 15) is 59.4 Å². The van der Waals surface area contributed by atoms with Crippen LogP contribution in [0.5, 0.6) is 0 Å². The third-order valence-corrected chi connectivity index (χ3v) is 15.7. The Labute approximate surface area is 466 Å². The molecular formula is C56H64F10N8O8. The van der Waals surface area contributed by atoms with Gasteiger partial charge in [0, 0.05) is 79.3 Å². The molecular weight excluding hydrogens is 1100 g/mol. The van der Waals surface area contributed by atoms with Gasteiger partial charge in [0.05, 0.1) is 68.4 Å². The zero-order valence-corrected chi connectivity index (χ0v) is 45.9. The molecule has 3 N–H and O–H groups in total. The number of aliphatic hydroxyl groups excluding tert-OH is 1. The highest BCUT2D eigenvalue weighted by molar-refractivity contribution is 5.88. The van der Waals surface area contributed by atoms with Gasteiger partial charge < -0.3 is 29.5 Å². The van der Waals surface area contributed by atoms with E-state index in [0.29, 0.717) is 79.7 Å². The minimum atomic E-state index is -5.16. The molecule has 4 aromatic rings. The summed E-state index contributed by atoms with van der Waals surface area (Å²) in [4.78, 5) is 63.0. The first-order valence-electron chi connectivity index (χ1n) is 26.2. The van der Waals surface area contributed by atoms with Crippen molar-refractivity contribution in [1.29, 1.82) is 0 Å². The van der Waals surface area contributed by atoms with Crippen molar-refractivity contribution in [2.24, 2.45) is 22.7 Å². The number of Topliss-reactive ketones (excluding diaryl/α,β-unsaturated/α-hetero) is 1. The predicted molar refractivity (Wildman–Crippen MR) is 276 cm³/mol. The zero-order valence-electron chi connectivity index (χ0n) is 45.9. The number of anilines is 1. The number of amides is 2. The number of nitrogens with zero attached hydrogens (tertiary/aromatic N) is 6. The van der Waals surface area contributed by atoms with Gasteiger partial charge in [0.25, 0.3) is 0 Å². The number of ether oxygens (including phenoxy) is 3. The molecule has 16 nitrogen and oxygen atoms in total. The van der Waals surface area contributed by atoms with Crippen molar-refractivity contribution in [3.8, 4) is 23.1 Å². The monoisotopic (exact) mass is 1170 g/mol. The van der Waals surface area contributed by atoms with E-state index in [1.807, 2.05) is 18.3 Å². The van der Waals surface area contributed by atoms with Crippen molar-refractivity contribution in [3.63, 3.8) is 0 Å². The van der Waals surface area contributed by atoms with Crippen molar-refractivity contribution in [3.05, 3.63) is 100 Å². The zero-order chi connectivity index (χ0) is 60.2. The maximum atomic E-state index is 16.1. The Kier molecular flexibility index (Phi) is 19.4. The number of aliphatic hydroxyl groups is 1. The molecule has 3 aliphatic heterocycles. The number of aryl methyl sites for hydroxylation is 1. The number of rotatable bonds is 21. The smallest absolute Gasteiger partial charge is 0.407 e. The number of hydrogen-bond donors (Lipinski definition) is 3. The standard InChI is InChI=1S/C56H64F10N8O8/c1-31-18-34(24-67-49(31)71-25-37-14-15-38(26-71)74(37)39-29-82-30-39)13-10-32-8-11-33(12-9-32)19-36(22-45(75)48(68-52(79)81-7)54(4,5)56(64,65)66)46(76)28-72(70-50(78)41(23-47(77)80-6)53(2,3)55(61,62)63)27-40-42(57)20-35(21-43(40)58)44-16-17-73(69-44)51(59)60/h8-9,11-12,16-18,20-21,24,36-39,41,46,48,51,76H,14-15,19,22-23,25-30H2,1-7H3,(H,68,79)(H,70,78)/t36-,37?,38?,41-,46+,48-/m1/s1. The van der Waals surface area contributed by atoms with Crippen LogP contribution in [-0.2, 0) is 41.6 Å². The van der Waals surface area contributed by atoms with Crippen molar-refractivity contribution in [1.82, 2.24) is 35.4 Å². The van der Waals surface area contributed by atoms with Crippen LogP contribution in [0.2, 0.25) is 0 Å². The number of carbonyl (C=O) groups is 4. The topological polar surface area (TPSA) is 181 Å². The van der Waals surface area contributed by atoms with E-state index in [4.69, 9.17) is 9.72 Å². The first kappa shape index (κ1) is 62.8. The Morgan fingerprint density at radius 3 is 1.98 bits per heavy atom. The average molecular weight is 1170 g/mol. The number of esters is 1. The molecule has 0 saturated carbocycles. The van der Waals surface area contributed by atoms with Gasteiger partial charge in [-0.25, -0.2) is 28.3 Å². The molecule has 2 aromatic carbocycles. The van der Waals surface area contributed by atoms with E-state index in [0.717, 1.165) is 77.0 Å². The van der Waals surface area contributed by atoms with E-state index in [-0.39, 0.29) is 22.4 Å². The second kappa shape index (κ2) is 25.4. The molecule has 2 aromatic heterocycles. The molecule has 0 radical (unpaired) electrons. The summed E-state index contributed by atoms with van der Waals surface area (Å²) in [7, 11) is 1.70. The number of fused-ring (bicyclic) bond motifs is 2. The highest BCUT2D eigenvalue weighted by Gasteiger charge is 2.57. The molecule has 82 heavy (non-hydrogen) atoms. The number of hydrogen-bond acceptors (Lipinski definition) is 13. The number of ketones is 1. The minimum absolute atomic E-state index is 0.211. The second-order valence-electron chi connectivity index (χ2n) is 22.0. The number of alkyl halides is 8. The van der Waals surface area contributed by atoms with Gasteiger partial charge in [-0.05, 0) is 93.5 Å². The Balaban J connectivity index is 1.19. The summed E-state index contributed by atoms with van der Waals surface area (Å²) < 4.78 is 161. The van der Waals surface area contributed by atoms with Crippen LogP contribution < -0.4 is 15.6 Å². The van der Waals surface area contributed by atoms with Crippen LogP contribution in [0.15, 0.2) is 60.9 Å². The fraction of sp³-hybridized carbons (Fsp3) is 0.536. The lowest BCUT2D eigenvalue weighted by atomic mass is 9.75. The van der Waals surface area contributed by atoms with Gasteiger partial charge in [-0.2, -0.15) is 40.2 Å². The molecule has 2 unspecified atom stereocenters. The lowest BCUT2D eigenvalue weighted by Crippen LogP contribution is -2.62. The van der Waals surface area contributed by atoms with E-state index >= 15 is 8.78 Å². The summed E-state index contributed by atoms with van der Waals surface area (Å²) in [6.45, 7) is 2.42. The van der Waals surface area contributed by atoms with Crippen molar-refractivity contribution >= 4 is 29.6 Å². The molecule has 5 heterocycles. The fourth-order valence-corrected chi connectivity index (χ4v) is 10.5. The van der Waals surface area contributed by atoms with Gasteiger partial charge in [0.1, 0.15) is 23.5 Å². The van der Waals surface area contributed by atoms with E-state index in [2.05, 4.69) is 41.6 Å². The summed E-state index contributed by atoms with van der Waals surface area (Å²) in [5, 5.41) is 18.3. The lowest BCUT2D eigenvalue weighted by Gasteiger charge is -2.48. The van der Waals surface area contributed by atoms with Gasteiger partial charge in [0.15, 0.2) is 5.78 Å². The molecule has 6 atom stereocenters. The van der Waals surface area contributed by atoms with E-state index in [1.165, 1.54) is 0 Å². The maximum absolute atomic E-state index is 16.1. The second-order valence-corrected chi connectivity index (χ2v) is 22.0. The number of benzene rings is 2. The average Bonchev–Trinajstić information content (AvgIpc) is 4.04. The lowest BCUT2D eigenvalue weighted by molar-refractivity contribution is -0.231. The number of hydrazine groups is 1. The number of nitrogens with one attached hydrogen (secondary N) is 2. The molecule has 0 aliphatic carbocycles. The number of alkyl carbamates (subject to hydrolysis) is 1. The first-order chi connectivity index (χ1) is 38.4. The number of halogens is 10. The third-order valence-electron chi connectivity index (χ3n) is 15.7. The summed E-state index contributed by atoms with van der Waals surface area (Å²) in [6, 6.07) is 9.54. The van der Waals surface area contributed by atoms with Crippen LogP contribution in [0.4, 0.5) is 54.5 Å². The molecule has 3 fully saturated rings. The number of carbonyl (C=O) groups excluding carboxylic acids is 4. The Morgan fingerprint density at radius 2 is 1.45 bits per heavy atom. The fourth-order valence-electron chi connectivity index (χ4n) is 10.5. The normalized spacial score (nSPS) is 18.5. The summed E-state index contributed by atoms with van der Waals surface area (Å²) in [6.07, 6.45) is -11.5. The van der Waals surface area contributed by atoms with Crippen molar-refractivity contribution in [2.45, 2.75) is 122 Å². The molecule has 2 amide bonds. The largest absolute Gasteiger partial charge is 0.469 e. The van der Waals surface area contributed by atoms with Gasteiger partial charge in [-0.3, -0.25) is 24.7 Å². The maximum Gasteiger partial charge on any atom is 0.407 e. The highest BCUT2D eigenvalue weighted by Crippen LogP contribution is 2.46. The SMILES string of the molecule is COC(=O)C[C@H](C(=O)NN(Cc1c(F)cc(-c2ccn(C(F)F)n2)cc1F)C[C@H](O)[C@@H](CC(=O)[C@@H](NC(=O)OC)C(C)(C)C(F)(F)F)Cc1ccc(C#Cc2cnc(N3CC4CCC(C3)N4C3COC3)c(C)c2)cc1)C(C)(C)C(F)(F)F. The van der Waals surface area contributed by atoms with Gasteiger partial charge >= 0.3 is 31.0 Å². The minimum Gasteiger partial charge on any atom is -0.469 e. The highest BCUT2D eigenvalue weighted by atomic mass is 19.4. The van der Waals surface area contributed by atoms with Crippen LogP contribution in [-0.4, -0.2) is 143 Å². The number of piperazine rings is 1. The number of aromatic nitrogens is 3. The van der Waals surface area contributed by atoms with Crippen LogP contribution in [0.3, 0.4) is 0 Å². The van der Waals surface area contributed by atoms with Crippen molar-refractivity contribution in [2.75, 3.05) is 52.0 Å². The summed E-state index contributed by atoms with van der Waals surface area (Å²) >= 11 is 0. The van der Waals surface area contributed by atoms with Crippen LogP contribution in [0.1, 0.15) is 87.7 Å². The van der Waals surface area contributed by atoms with Gasteiger partial charge in [0.2, 0.25) is 5.91 Å².